The highest BCUT2D eigenvalue weighted by Crippen LogP contribution is 2.24. The molecule has 0 spiro atoms. The third-order valence-corrected chi connectivity index (χ3v) is 2.40. The summed E-state index contributed by atoms with van der Waals surface area (Å²) in [6.07, 6.45) is 2.72. The van der Waals surface area contributed by atoms with Gasteiger partial charge >= 0.3 is 0 Å². The molecular formula is C9H10ClN3O. The van der Waals surface area contributed by atoms with Gasteiger partial charge in [0.15, 0.2) is 5.15 Å². The van der Waals surface area contributed by atoms with Crippen LogP contribution in [0.4, 0.5) is 0 Å². The van der Waals surface area contributed by atoms with Crippen molar-refractivity contribution in [2.75, 3.05) is 6.54 Å². The van der Waals surface area contributed by atoms with E-state index in [2.05, 4.69) is 4.98 Å². The first kappa shape index (κ1) is 9.45. The summed E-state index contributed by atoms with van der Waals surface area (Å²) >= 11 is 5.89. The van der Waals surface area contributed by atoms with Crippen LogP contribution in [-0.2, 0) is 0 Å². The summed E-state index contributed by atoms with van der Waals surface area (Å²) < 4.78 is 1.76. The van der Waals surface area contributed by atoms with Gasteiger partial charge in [0, 0.05) is 18.3 Å². The molecule has 0 aliphatic rings. The van der Waals surface area contributed by atoms with Gasteiger partial charge in [-0.1, -0.05) is 17.7 Å². The van der Waals surface area contributed by atoms with Gasteiger partial charge in [-0.25, -0.2) is 4.98 Å². The number of nitrogens with zero attached hydrogens (tertiary/aromatic N) is 2. The Labute approximate surface area is 85.9 Å². The smallest absolute Gasteiger partial charge is 0.155 e. The molecule has 0 amide bonds. The quantitative estimate of drug-likeness (QED) is 0.779. The zero-order valence-corrected chi connectivity index (χ0v) is 8.15. The summed E-state index contributed by atoms with van der Waals surface area (Å²) in [5.41, 5.74) is 6.81. The van der Waals surface area contributed by atoms with Crippen molar-refractivity contribution in [1.82, 2.24) is 9.38 Å². The van der Waals surface area contributed by atoms with E-state index < -0.39 is 6.10 Å². The summed E-state index contributed by atoms with van der Waals surface area (Å²) in [4.78, 5) is 3.95. The van der Waals surface area contributed by atoms with E-state index in [0.29, 0.717) is 16.2 Å². The second kappa shape index (κ2) is 3.57. The number of pyridine rings is 1. The molecule has 2 aromatic heterocycles. The first-order valence-electron chi connectivity index (χ1n) is 4.23. The van der Waals surface area contributed by atoms with Gasteiger partial charge in [0.1, 0.15) is 6.33 Å². The molecule has 0 aliphatic heterocycles. The summed E-state index contributed by atoms with van der Waals surface area (Å²) in [6.45, 7) is 0.168. The zero-order chi connectivity index (χ0) is 10.1. The maximum absolute atomic E-state index is 9.65. The van der Waals surface area contributed by atoms with E-state index in [1.807, 2.05) is 12.3 Å². The van der Waals surface area contributed by atoms with E-state index in [0.717, 1.165) is 0 Å². The molecule has 5 heteroatoms. The van der Waals surface area contributed by atoms with Gasteiger partial charge in [-0.15, -0.1) is 0 Å². The third kappa shape index (κ3) is 1.37. The first-order chi connectivity index (χ1) is 6.74. The minimum absolute atomic E-state index is 0.168. The van der Waals surface area contributed by atoms with Crippen LogP contribution in [0.25, 0.3) is 5.52 Å². The van der Waals surface area contributed by atoms with E-state index in [-0.39, 0.29) is 6.54 Å². The molecule has 2 aromatic rings. The molecule has 0 aliphatic carbocycles. The molecule has 1 unspecified atom stereocenters. The van der Waals surface area contributed by atoms with Gasteiger partial charge in [-0.2, -0.15) is 0 Å². The highest BCUT2D eigenvalue weighted by atomic mass is 35.5. The predicted octanol–water partition coefficient (Wildman–Crippen LogP) is 0.980. The maximum Gasteiger partial charge on any atom is 0.155 e. The standard InChI is InChI=1S/C9H10ClN3O/c10-9-8-6(7(14)4-11)2-1-3-13(8)5-12-9/h1-3,5,7,14H,4,11H2. The SMILES string of the molecule is NCC(O)c1cccn2cnc(Cl)c12. The fourth-order valence-electron chi connectivity index (χ4n) is 1.43. The van der Waals surface area contributed by atoms with Gasteiger partial charge in [0.05, 0.1) is 11.6 Å². The lowest BCUT2D eigenvalue weighted by Crippen LogP contribution is -2.12. The van der Waals surface area contributed by atoms with Crippen LogP contribution in [0.5, 0.6) is 0 Å². The molecule has 2 heterocycles. The molecule has 1 atom stereocenters. The topological polar surface area (TPSA) is 63.5 Å². The lowest BCUT2D eigenvalue weighted by Gasteiger charge is -2.09. The maximum atomic E-state index is 9.65. The Balaban J connectivity index is 2.69. The summed E-state index contributed by atoms with van der Waals surface area (Å²) in [7, 11) is 0. The second-order valence-corrected chi connectivity index (χ2v) is 3.36. The highest BCUT2D eigenvalue weighted by molar-refractivity contribution is 6.32. The number of rotatable bonds is 2. The molecule has 0 saturated heterocycles. The Morgan fingerprint density at radius 3 is 3.14 bits per heavy atom. The number of aromatic nitrogens is 2. The van der Waals surface area contributed by atoms with E-state index in [9.17, 15) is 5.11 Å². The highest BCUT2D eigenvalue weighted by Gasteiger charge is 2.12. The Hall–Kier alpha value is -1.10. The van der Waals surface area contributed by atoms with Gasteiger partial charge in [-0.05, 0) is 6.07 Å². The normalized spacial score (nSPS) is 13.4. The number of imidazole rings is 1. The van der Waals surface area contributed by atoms with E-state index >= 15 is 0 Å². The molecule has 74 valence electrons. The lowest BCUT2D eigenvalue weighted by molar-refractivity contribution is 0.188. The van der Waals surface area contributed by atoms with Crippen molar-refractivity contribution in [2.45, 2.75) is 6.10 Å². The molecule has 3 N–H and O–H groups in total. The van der Waals surface area contributed by atoms with Crippen LogP contribution in [0.2, 0.25) is 5.15 Å². The Morgan fingerprint density at radius 1 is 1.64 bits per heavy atom. The van der Waals surface area contributed by atoms with Gasteiger partial charge in [0.2, 0.25) is 0 Å². The first-order valence-corrected chi connectivity index (χ1v) is 4.61. The second-order valence-electron chi connectivity index (χ2n) is 3.01. The zero-order valence-electron chi connectivity index (χ0n) is 7.39. The fraction of sp³-hybridized carbons (Fsp3) is 0.222. The number of hydrogen-bond acceptors (Lipinski definition) is 3. The number of hydrogen-bond donors (Lipinski definition) is 2. The van der Waals surface area contributed by atoms with E-state index in [1.165, 1.54) is 0 Å². The van der Waals surface area contributed by atoms with E-state index in [1.54, 1.807) is 16.8 Å². The van der Waals surface area contributed by atoms with Crippen LogP contribution in [0.15, 0.2) is 24.7 Å². The summed E-state index contributed by atoms with van der Waals surface area (Å²) in [6, 6.07) is 3.61. The van der Waals surface area contributed by atoms with Crippen LogP contribution in [0, 0.1) is 0 Å². The van der Waals surface area contributed by atoms with Crippen molar-refractivity contribution in [1.29, 1.82) is 0 Å². The predicted molar refractivity (Wildman–Crippen MR) is 54.2 cm³/mol. The van der Waals surface area contributed by atoms with Crippen molar-refractivity contribution >= 4 is 17.1 Å². The Morgan fingerprint density at radius 2 is 2.43 bits per heavy atom. The van der Waals surface area contributed by atoms with Crippen molar-refractivity contribution in [3.63, 3.8) is 0 Å². The average Bonchev–Trinajstić information content (AvgIpc) is 2.59. The number of fused-ring (bicyclic) bond motifs is 1. The van der Waals surface area contributed by atoms with Crippen LogP contribution in [-0.4, -0.2) is 21.0 Å². The molecule has 0 fully saturated rings. The van der Waals surface area contributed by atoms with Crippen LogP contribution in [0.3, 0.4) is 0 Å². The van der Waals surface area contributed by atoms with Crippen molar-refractivity contribution in [3.8, 4) is 0 Å². The van der Waals surface area contributed by atoms with E-state index in [4.69, 9.17) is 17.3 Å². The summed E-state index contributed by atoms with van der Waals surface area (Å²) in [5.74, 6) is 0. The van der Waals surface area contributed by atoms with Gasteiger partial charge in [-0.3, -0.25) is 0 Å². The molecular weight excluding hydrogens is 202 g/mol. The Bertz CT molecular complexity index is 454. The molecule has 2 rings (SSSR count). The number of aliphatic hydroxyl groups is 1. The van der Waals surface area contributed by atoms with Crippen LogP contribution in [0.1, 0.15) is 11.7 Å². The molecule has 0 bridgehead atoms. The minimum Gasteiger partial charge on any atom is -0.387 e. The monoisotopic (exact) mass is 211 g/mol. The molecule has 4 nitrogen and oxygen atoms in total. The van der Waals surface area contributed by atoms with Crippen molar-refractivity contribution in [3.05, 3.63) is 35.4 Å². The minimum atomic E-state index is -0.701. The van der Waals surface area contributed by atoms with Crippen molar-refractivity contribution < 1.29 is 5.11 Å². The lowest BCUT2D eigenvalue weighted by atomic mass is 10.1. The van der Waals surface area contributed by atoms with Crippen molar-refractivity contribution in [2.24, 2.45) is 5.73 Å². The number of aliphatic hydroxyl groups excluding tert-OH is 1. The summed E-state index contributed by atoms with van der Waals surface area (Å²) in [5, 5.41) is 10.0. The molecule has 0 saturated carbocycles. The average molecular weight is 212 g/mol. The fourth-order valence-corrected chi connectivity index (χ4v) is 1.68. The molecule has 0 radical (unpaired) electrons. The Kier molecular flexibility index (Phi) is 2.41. The molecule has 0 aromatic carbocycles. The molecule has 14 heavy (non-hydrogen) atoms. The third-order valence-electron chi connectivity index (χ3n) is 2.13. The number of halogens is 1. The number of nitrogens with two attached hydrogens (primary N) is 1. The van der Waals surface area contributed by atoms with Crippen LogP contribution < -0.4 is 5.73 Å². The van der Waals surface area contributed by atoms with Crippen LogP contribution >= 0.6 is 11.6 Å². The van der Waals surface area contributed by atoms with Gasteiger partial charge < -0.3 is 15.2 Å². The largest absolute Gasteiger partial charge is 0.387 e. The van der Waals surface area contributed by atoms with Gasteiger partial charge in [0.25, 0.3) is 0 Å².